The first kappa shape index (κ1) is 18.9. The van der Waals surface area contributed by atoms with Crippen molar-refractivity contribution in [2.75, 3.05) is 28.4 Å². The van der Waals surface area contributed by atoms with Crippen LogP contribution in [-0.4, -0.2) is 39.6 Å². The van der Waals surface area contributed by atoms with Gasteiger partial charge in [0.15, 0.2) is 23.0 Å². The van der Waals surface area contributed by atoms with Gasteiger partial charge in [-0.05, 0) is 47.7 Å². The minimum Gasteiger partial charge on any atom is -0.504 e. The number of hydrogen-bond donors (Lipinski definition) is 2. The van der Waals surface area contributed by atoms with Crippen LogP contribution in [-0.2, 0) is 6.42 Å². The number of rotatable bonds is 5. The second-order valence-electron chi connectivity index (χ2n) is 6.34. The van der Waals surface area contributed by atoms with E-state index >= 15 is 0 Å². The molecule has 0 spiro atoms. The number of nitrogens with two attached hydrogens (primary N) is 1. The van der Waals surface area contributed by atoms with E-state index < -0.39 is 0 Å². The lowest BCUT2D eigenvalue weighted by Crippen LogP contribution is -2.16. The molecule has 0 aromatic heterocycles. The molecule has 3 rings (SSSR count). The number of phenolic OH excluding ortho intramolecular Hbond substituents is 1. The summed E-state index contributed by atoms with van der Waals surface area (Å²) in [5.74, 6) is 2.27. The molecule has 6 heteroatoms. The van der Waals surface area contributed by atoms with Crippen molar-refractivity contribution >= 4 is 5.57 Å². The maximum atomic E-state index is 10.2. The summed E-state index contributed by atoms with van der Waals surface area (Å²) in [7, 11) is 6.32. The predicted octanol–water partition coefficient (Wildman–Crippen LogP) is 3.13. The maximum Gasteiger partial charge on any atom is 0.203 e. The van der Waals surface area contributed by atoms with Gasteiger partial charge < -0.3 is 29.8 Å². The van der Waals surface area contributed by atoms with Crippen molar-refractivity contribution < 1.29 is 24.1 Å². The van der Waals surface area contributed by atoms with Crippen molar-refractivity contribution in [3.05, 3.63) is 47.0 Å². The number of aromatic hydroxyl groups is 1. The van der Waals surface area contributed by atoms with Crippen molar-refractivity contribution in [2.45, 2.75) is 18.9 Å². The van der Waals surface area contributed by atoms with Gasteiger partial charge in [-0.3, -0.25) is 0 Å². The van der Waals surface area contributed by atoms with Gasteiger partial charge in [0.2, 0.25) is 5.75 Å². The molecule has 2 aromatic carbocycles. The van der Waals surface area contributed by atoms with Crippen molar-refractivity contribution in [2.24, 2.45) is 5.73 Å². The van der Waals surface area contributed by atoms with Gasteiger partial charge >= 0.3 is 0 Å². The van der Waals surface area contributed by atoms with Crippen LogP contribution < -0.4 is 24.7 Å². The molecule has 0 bridgehead atoms. The number of hydrogen-bond acceptors (Lipinski definition) is 6. The van der Waals surface area contributed by atoms with Crippen LogP contribution in [0.25, 0.3) is 5.57 Å². The molecule has 0 saturated carbocycles. The highest BCUT2D eigenvalue weighted by Gasteiger charge is 2.26. The quantitative estimate of drug-likeness (QED) is 0.840. The molecule has 0 radical (unpaired) electrons. The molecule has 0 aliphatic heterocycles. The molecule has 144 valence electrons. The Bertz CT molecular complexity index is 875. The van der Waals surface area contributed by atoms with Crippen LogP contribution in [0.4, 0.5) is 0 Å². The van der Waals surface area contributed by atoms with E-state index in [2.05, 4.69) is 0 Å². The zero-order valence-electron chi connectivity index (χ0n) is 16.0. The van der Waals surface area contributed by atoms with Gasteiger partial charge in [0.25, 0.3) is 0 Å². The molecule has 1 atom stereocenters. The van der Waals surface area contributed by atoms with Gasteiger partial charge in [-0.1, -0.05) is 12.1 Å². The number of benzene rings is 2. The van der Waals surface area contributed by atoms with E-state index in [-0.39, 0.29) is 11.8 Å². The fourth-order valence-corrected chi connectivity index (χ4v) is 3.51. The highest BCUT2D eigenvalue weighted by atomic mass is 16.5. The van der Waals surface area contributed by atoms with Gasteiger partial charge in [0.1, 0.15) is 0 Å². The van der Waals surface area contributed by atoms with Crippen LogP contribution in [0.2, 0.25) is 0 Å². The van der Waals surface area contributed by atoms with Crippen molar-refractivity contribution in [1.29, 1.82) is 0 Å². The van der Waals surface area contributed by atoms with Gasteiger partial charge in [-0.15, -0.1) is 0 Å². The molecule has 0 amide bonds. The normalized spacial score (nSPS) is 16.0. The average Bonchev–Trinajstić information content (AvgIpc) is 2.85. The number of ether oxygens (including phenoxy) is 4. The fourth-order valence-electron chi connectivity index (χ4n) is 3.51. The Kier molecular flexibility index (Phi) is 5.46. The standard InChI is InChI=1S/C21H25NO5/c1-24-18-8-5-12(9-17(18)23)15-10-13(22)6-7-14-16(15)11-19(25-2)21(27-4)20(14)26-3/h5,8-11,13,23H,6-7,22H2,1-4H3. The Morgan fingerprint density at radius 2 is 1.63 bits per heavy atom. The molecular formula is C21H25NO5. The zero-order valence-corrected chi connectivity index (χ0v) is 16.0. The molecule has 6 nitrogen and oxygen atoms in total. The molecule has 1 aliphatic rings. The summed E-state index contributed by atoms with van der Waals surface area (Å²) in [6, 6.07) is 7.12. The zero-order chi connectivity index (χ0) is 19.6. The minimum atomic E-state index is -0.127. The summed E-state index contributed by atoms with van der Waals surface area (Å²) in [6.45, 7) is 0. The van der Waals surface area contributed by atoms with E-state index in [1.165, 1.54) is 7.11 Å². The summed E-state index contributed by atoms with van der Waals surface area (Å²) >= 11 is 0. The van der Waals surface area contributed by atoms with E-state index in [1.54, 1.807) is 33.5 Å². The molecule has 0 heterocycles. The van der Waals surface area contributed by atoms with E-state index in [1.807, 2.05) is 18.2 Å². The largest absolute Gasteiger partial charge is 0.504 e. The van der Waals surface area contributed by atoms with Crippen LogP contribution in [0.5, 0.6) is 28.7 Å². The summed E-state index contributed by atoms with van der Waals surface area (Å²) in [5.41, 5.74) is 10.00. The maximum absolute atomic E-state index is 10.2. The molecule has 27 heavy (non-hydrogen) atoms. The lowest BCUT2D eigenvalue weighted by molar-refractivity contribution is 0.322. The smallest absolute Gasteiger partial charge is 0.203 e. The van der Waals surface area contributed by atoms with Crippen LogP contribution >= 0.6 is 0 Å². The number of fused-ring (bicyclic) bond motifs is 1. The Balaban J connectivity index is 2.26. The first-order valence-electron chi connectivity index (χ1n) is 8.71. The van der Waals surface area contributed by atoms with Gasteiger partial charge in [-0.2, -0.15) is 0 Å². The minimum absolute atomic E-state index is 0.0720. The van der Waals surface area contributed by atoms with Crippen molar-refractivity contribution in [1.82, 2.24) is 0 Å². The lowest BCUT2D eigenvalue weighted by atomic mass is 9.92. The lowest BCUT2D eigenvalue weighted by Gasteiger charge is -2.20. The topological polar surface area (TPSA) is 83.2 Å². The molecule has 2 aromatic rings. The molecule has 0 fully saturated rings. The Hall–Kier alpha value is -2.86. The van der Waals surface area contributed by atoms with Crippen molar-refractivity contribution in [3.8, 4) is 28.7 Å². The molecule has 1 aliphatic carbocycles. The fraction of sp³-hybridized carbons (Fsp3) is 0.333. The third-order valence-electron chi connectivity index (χ3n) is 4.82. The van der Waals surface area contributed by atoms with E-state index in [9.17, 15) is 5.11 Å². The second kappa shape index (κ2) is 7.80. The number of methoxy groups -OCH3 is 4. The third kappa shape index (κ3) is 3.40. The van der Waals surface area contributed by atoms with Gasteiger partial charge in [-0.25, -0.2) is 0 Å². The van der Waals surface area contributed by atoms with Crippen LogP contribution in [0.3, 0.4) is 0 Å². The van der Waals surface area contributed by atoms with Crippen LogP contribution in [0.15, 0.2) is 30.3 Å². The Morgan fingerprint density at radius 1 is 0.926 bits per heavy atom. The summed E-state index contributed by atoms with van der Waals surface area (Å²) in [6.07, 6.45) is 3.52. The molecule has 1 unspecified atom stereocenters. The van der Waals surface area contributed by atoms with Crippen LogP contribution in [0, 0.1) is 0 Å². The molecular weight excluding hydrogens is 346 g/mol. The number of phenols is 1. The molecule has 3 N–H and O–H groups in total. The summed E-state index contributed by atoms with van der Waals surface area (Å²) in [5, 5.41) is 10.2. The van der Waals surface area contributed by atoms with Gasteiger partial charge in [0, 0.05) is 11.6 Å². The SMILES string of the molecule is COc1ccc(C2=CC(N)CCc3c2cc(OC)c(OC)c3OC)cc1O. The van der Waals surface area contributed by atoms with Crippen molar-refractivity contribution in [3.63, 3.8) is 0 Å². The first-order chi connectivity index (χ1) is 13.0. The molecule has 0 saturated heterocycles. The Morgan fingerprint density at radius 3 is 2.22 bits per heavy atom. The van der Waals surface area contributed by atoms with Crippen LogP contribution in [0.1, 0.15) is 23.1 Å². The predicted molar refractivity (Wildman–Crippen MR) is 104 cm³/mol. The van der Waals surface area contributed by atoms with E-state index in [0.29, 0.717) is 23.0 Å². The highest BCUT2D eigenvalue weighted by Crippen LogP contribution is 2.47. The Labute approximate surface area is 159 Å². The average molecular weight is 371 g/mol. The van der Waals surface area contributed by atoms with Gasteiger partial charge in [0.05, 0.1) is 28.4 Å². The first-order valence-corrected chi connectivity index (χ1v) is 8.71. The highest BCUT2D eigenvalue weighted by molar-refractivity contribution is 5.86. The second-order valence-corrected chi connectivity index (χ2v) is 6.34. The summed E-state index contributed by atoms with van der Waals surface area (Å²) in [4.78, 5) is 0. The van der Waals surface area contributed by atoms with E-state index in [0.717, 1.165) is 35.1 Å². The van der Waals surface area contributed by atoms with E-state index in [4.69, 9.17) is 24.7 Å². The summed E-state index contributed by atoms with van der Waals surface area (Å²) < 4.78 is 21.9. The third-order valence-corrected chi connectivity index (χ3v) is 4.82. The monoisotopic (exact) mass is 371 g/mol.